The monoisotopic (exact) mass is 264 g/mol. The summed E-state index contributed by atoms with van der Waals surface area (Å²) in [7, 11) is 1.66. The van der Waals surface area contributed by atoms with Crippen LogP contribution in [0, 0.1) is 0 Å². The van der Waals surface area contributed by atoms with Crippen LogP contribution in [0.25, 0.3) is 21.9 Å². The summed E-state index contributed by atoms with van der Waals surface area (Å²) in [6.07, 6.45) is 0. The van der Waals surface area contributed by atoms with Crippen LogP contribution < -0.4 is 4.74 Å². The second-order valence-electron chi connectivity index (χ2n) is 4.68. The first kappa shape index (κ1) is 12.7. The highest BCUT2D eigenvalue weighted by molar-refractivity contribution is 6.01. The molecule has 0 spiro atoms. The van der Waals surface area contributed by atoms with Crippen molar-refractivity contribution in [2.45, 2.75) is 6.61 Å². The third-order valence-electron chi connectivity index (χ3n) is 3.54. The Morgan fingerprint density at radius 3 is 2.20 bits per heavy atom. The third kappa shape index (κ3) is 2.04. The summed E-state index contributed by atoms with van der Waals surface area (Å²) in [5, 5.41) is 11.9. The predicted molar refractivity (Wildman–Crippen MR) is 81.9 cm³/mol. The number of ether oxygens (including phenoxy) is 1. The Morgan fingerprint density at radius 1 is 0.900 bits per heavy atom. The normalized spacial score (nSPS) is 10.7. The average Bonchev–Trinajstić information content (AvgIpc) is 2.54. The van der Waals surface area contributed by atoms with E-state index in [-0.39, 0.29) is 6.61 Å². The van der Waals surface area contributed by atoms with E-state index in [2.05, 4.69) is 18.2 Å². The quantitative estimate of drug-likeness (QED) is 0.774. The van der Waals surface area contributed by atoms with Crippen LogP contribution >= 0.6 is 0 Å². The van der Waals surface area contributed by atoms with Gasteiger partial charge in [0.05, 0.1) is 13.7 Å². The van der Waals surface area contributed by atoms with Gasteiger partial charge in [-0.15, -0.1) is 0 Å². The number of aliphatic hydroxyl groups is 1. The van der Waals surface area contributed by atoms with Crippen LogP contribution in [0.3, 0.4) is 0 Å². The fraction of sp³-hybridized carbons (Fsp3) is 0.111. The van der Waals surface area contributed by atoms with Gasteiger partial charge < -0.3 is 9.84 Å². The molecule has 2 nitrogen and oxygen atoms in total. The van der Waals surface area contributed by atoms with E-state index in [1.54, 1.807) is 7.11 Å². The number of benzene rings is 3. The van der Waals surface area contributed by atoms with Crippen LogP contribution in [0.15, 0.2) is 60.7 Å². The highest BCUT2D eigenvalue weighted by Gasteiger charge is 2.13. The minimum absolute atomic E-state index is 0.00851. The molecule has 0 saturated heterocycles. The van der Waals surface area contributed by atoms with Crippen molar-refractivity contribution in [1.82, 2.24) is 0 Å². The van der Waals surface area contributed by atoms with Crippen molar-refractivity contribution >= 4 is 10.8 Å². The summed E-state index contributed by atoms with van der Waals surface area (Å²) >= 11 is 0. The summed E-state index contributed by atoms with van der Waals surface area (Å²) in [5.74, 6) is 0.796. The summed E-state index contributed by atoms with van der Waals surface area (Å²) in [4.78, 5) is 0. The molecule has 0 bridgehead atoms. The van der Waals surface area contributed by atoms with Crippen molar-refractivity contribution < 1.29 is 9.84 Å². The lowest BCUT2D eigenvalue weighted by atomic mass is 9.93. The Labute approximate surface area is 118 Å². The van der Waals surface area contributed by atoms with Crippen LogP contribution in [0.4, 0.5) is 0 Å². The molecule has 0 amide bonds. The molecule has 0 fully saturated rings. The van der Waals surface area contributed by atoms with Crippen molar-refractivity contribution in [2.24, 2.45) is 0 Å². The average molecular weight is 264 g/mol. The van der Waals surface area contributed by atoms with Crippen LogP contribution in [0.2, 0.25) is 0 Å². The van der Waals surface area contributed by atoms with E-state index in [9.17, 15) is 5.11 Å². The molecule has 0 aliphatic carbocycles. The number of methoxy groups -OCH3 is 1. The van der Waals surface area contributed by atoms with Gasteiger partial charge in [-0.05, 0) is 28.1 Å². The van der Waals surface area contributed by atoms with Crippen molar-refractivity contribution in [1.29, 1.82) is 0 Å². The molecule has 2 heteroatoms. The van der Waals surface area contributed by atoms with Crippen molar-refractivity contribution in [3.63, 3.8) is 0 Å². The van der Waals surface area contributed by atoms with Gasteiger partial charge in [0, 0.05) is 5.39 Å². The minimum atomic E-state index is -0.00851. The van der Waals surface area contributed by atoms with Crippen LogP contribution in [-0.4, -0.2) is 12.2 Å². The van der Waals surface area contributed by atoms with Gasteiger partial charge in [0.2, 0.25) is 0 Å². The van der Waals surface area contributed by atoms with Crippen molar-refractivity contribution in [3.8, 4) is 16.9 Å². The lowest BCUT2D eigenvalue weighted by Gasteiger charge is -2.15. The lowest BCUT2D eigenvalue weighted by Crippen LogP contribution is -1.95. The Balaban J connectivity index is 2.41. The van der Waals surface area contributed by atoms with E-state index in [0.29, 0.717) is 0 Å². The van der Waals surface area contributed by atoms with E-state index in [0.717, 1.165) is 33.2 Å². The van der Waals surface area contributed by atoms with Gasteiger partial charge in [0.25, 0.3) is 0 Å². The zero-order chi connectivity index (χ0) is 13.9. The SMILES string of the molecule is COc1cc(CO)c(-c2ccccc2)c2ccccc12. The number of fused-ring (bicyclic) bond motifs is 1. The molecule has 100 valence electrons. The Bertz CT molecular complexity index is 733. The van der Waals surface area contributed by atoms with Gasteiger partial charge in [-0.2, -0.15) is 0 Å². The van der Waals surface area contributed by atoms with E-state index in [1.165, 1.54) is 0 Å². The molecule has 0 heterocycles. The second-order valence-corrected chi connectivity index (χ2v) is 4.68. The number of hydrogen-bond donors (Lipinski definition) is 1. The van der Waals surface area contributed by atoms with E-state index in [1.807, 2.05) is 42.5 Å². The highest BCUT2D eigenvalue weighted by Crippen LogP contribution is 2.37. The molecule has 0 aliphatic rings. The lowest BCUT2D eigenvalue weighted by molar-refractivity contribution is 0.282. The highest BCUT2D eigenvalue weighted by atomic mass is 16.5. The number of hydrogen-bond acceptors (Lipinski definition) is 2. The molecule has 0 aromatic heterocycles. The van der Waals surface area contributed by atoms with Crippen molar-refractivity contribution in [2.75, 3.05) is 7.11 Å². The van der Waals surface area contributed by atoms with Gasteiger partial charge in [-0.3, -0.25) is 0 Å². The fourth-order valence-electron chi connectivity index (χ4n) is 2.64. The van der Waals surface area contributed by atoms with E-state index in [4.69, 9.17) is 4.74 Å². The maximum atomic E-state index is 9.70. The Kier molecular flexibility index (Phi) is 3.40. The maximum absolute atomic E-state index is 9.70. The molecule has 0 saturated carbocycles. The number of rotatable bonds is 3. The van der Waals surface area contributed by atoms with E-state index < -0.39 is 0 Å². The minimum Gasteiger partial charge on any atom is -0.496 e. The summed E-state index contributed by atoms with van der Waals surface area (Å²) in [6, 6.07) is 20.2. The molecule has 3 aromatic carbocycles. The standard InChI is InChI=1S/C18H16O2/c1-20-17-11-14(12-19)18(13-7-3-2-4-8-13)16-10-6-5-9-15(16)17/h2-11,19H,12H2,1H3. The Hall–Kier alpha value is -2.32. The first-order chi connectivity index (χ1) is 9.85. The second kappa shape index (κ2) is 5.35. The maximum Gasteiger partial charge on any atom is 0.127 e. The van der Waals surface area contributed by atoms with Crippen LogP contribution in [0.5, 0.6) is 5.75 Å². The molecule has 3 rings (SSSR count). The van der Waals surface area contributed by atoms with Gasteiger partial charge >= 0.3 is 0 Å². The zero-order valence-electron chi connectivity index (χ0n) is 11.3. The molecular weight excluding hydrogens is 248 g/mol. The van der Waals surface area contributed by atoms with Gasteiger partial charge in [-0.25, -0.2) is 0 Å². The summed E-state index contributed by atoms with van der Waals surface area (Å²) < 4.78 is 5.45. The molecule has 0 aliphatic heterocycles. The number of aliphatic hydroxyl groups excluding tert-OH is 1. The summed E-state index contributed by atoms with van der Waals surface area (Å²) in [6.45, 7) is -0.00851. The summed E-state index contributed by atoms with van der Waals surface area (Å²) in [5.41, 5.74) is 3.06. The molecule has 0 atom stereocenters. The molecule has 3 aromatic rings. The fourth-order valence-corrected chi connectivity index (χ4v) is 2.64. The predicted octanol–water partition coefficient (Wildman–Crippen LogP) is 4.01. The smallest absolute Gasteiger partial charge is 0.127 e. The van der Waals surface area contributed by atoms with E-state index >= 15 is 0 Å². The zero-order valence-corrected chi connectivity index (χ0v) is 11.3. The van der Waals surface area contributed by atoms with Gasteiger partial charge in [0.15, 0.2) is 0 Å². The first-order valence-corrected chi connectivity index (χ1v) is 6.60. The molecular formula is C18H16O2. The van der Waals surface area contributed by atoms with Crippen LogP contribution in [0.1, 0.15) is 5.56 Å². The molecule has 20 heavy (non-hydrogen) atoms. The van der Waals surface area contributed by atoms with Gasteiger partial charge in [0.1, 0.15) is 5.75 Å². The van der Waals surface area contributed by atoms with Crippen LogP contribution in [-0.2, 0) is 6.61 Å². The first-order valence-electron chi connectivity index (χ1n) is 6.60. The largest absolute Gasteiger partial charge is 0.496 e. The molecule has 1 N–H and O–H groups in total. The topological polar surface area (TPSA) is 29.5 Å². The van der Waals surface area contributed by atoms with Gasteiger partial charge in [-0.1, -0.05) is 54.6 Å². The third-order valence-corrected chi connectivity index (χ3v) is 3.54. The molecule has 0 radical (unpaired) electrons. The van der Waals surface area contributed by atoms with Crippen molar-refractivity contribution in [3.05, 3.63) is 66.2 Å². The Morgan fingerprint density at radius 2 is 1.55 bits per heavy atom. The molecule has 0 unspecified atom stereocenters.